The van der Waals surface area contributed by atoms with E-state index >= 15 is 0 Å². The van der Waals surface area contributed by atoms with Gasteiger partial charge in [0, 0.05) is 18.0 Å². The number of ketones is 1. The monoisotopic (exact) mass is 263 g/mol. The average Bonchev–Trinajstić information content (AvgIpc) is 2.86. The number of carbonyl (C=O) groups is 2. The average molecular weight is 263 g/mol. The Labute approximate surface area is 112 Å². The van der Waals surface area contributed by atoms with Crippen molar-refractivity contribution in [1.82, 2.24) is 4.90 Å². The number of hydrogen-bond acceptors (Lipinski definition) is 2. The van der Waals surface area contributed by atoms with Crippen LogP contribution in [-0.4, -0.2) is 29.2 Å². The molecule has 1 heterocycles. The molecule has 4 heteroatoms. The number of rotatable bonds is 3. The van der Waals surface area contributed by atoms with Crippen LogP contribution in [-0.2, 0) is 4.79 Å². The van der Waals surface area contributed by atoms with Gasteiger partial charge in [0.05, 0.1) is 6.04 Å². The molecule has 1 fully saturated rings. The van der Waals surface area contributed by atoms with Gasteiger partial charge in [-0.05, 0) is 37.1 Å². The van der Waals surface area contributed by atoms with Crippen LogP contribution in [0, 0.1) is 11.7 Å². The van der Waals surface area contributed by atoms with Gasteiger partial charge in [0.15, 0.2) is 5.78 Å². The van der Waals surface area contributed by atoms with Crippen molar-refractivity contribution in [3.63, 3.8) is 0 Å². The predicted molar refractivity (Wildman–Crippen MR) is 70.3 cm³/mol. The topological polar surface area (TPSA) is 37.4 Å². The highest BCUT2D eigenvalue weighted by Gasteiger charge is 2.35. The Kier molecular flexibility index (Phi) is 3.98. The molecule has 1 aromatic rings. The third kappa shape index (κ3) is 2.83. The molecule has 0 aromatic heterocycles. The number of likely N-dealkylation sites (tertiary alicyclic amines) is 1. The van der Waals surface area contributed by atoms with Crippen LogP contribution in [0.3, 0.4) is 0 Å². The van der Waals surface area contributed by atoms with Crippen molar-refractivity contribution in [3.05, 3.63) is 35.6 Å². The van der Waals surface area contributed by atoms with E-state index in [-0.39, 0.29) is 29.5 Å². The first-order chi connectivity index (χ1) is 9.00. The number of benzene rings is 1. The molecule has 2 rings (SSSR count). The summed E-state index contributed by atoms with van der Waals surface area (Å²) in [6.45, 7) is 4.30. The fraction of sp³-hybridized carbons (Fsp3) is 0.467. The lowest BCUT2D eigenvalue weighted by Crippen LogP contribution is -2.42. The molecule has 0 aliphatic carbocycles. The third-order valence-corrected chi connectivity index (χ3v) is 3.46. The number of halogens is 1. The van der Waals surface area contributed by atoms with E-state index in [4.69, 9.17) is 0 Å². The Morgan fingerprint density at radius 1 is 1.26 bits per heavy atom. The molecule has 1 aliphatic heterocycles. The van der Waals surface area contributed by atoms with Crippen LogP contribution in [0.2, 0.25) is 0 Å². The first kappa shape index (κ1) is 13.7. The summed E-state index contributed by atoms with van der Waals surface area (Å²) in [6.07, 6.45) is 1.53. The summed E-state index contributed by atoms with van der Waals surface area (Å²) >= 11 is 0. The molecule has 1 saturated heterocycles. The molecular formula is C15H18FNO2. The van der Waals surface area contributed by atoms with E-state index in [0.29, 0.717) is 18.5 Å². The van der Waals surface area contributed by atoms with Crippen LogP contribution in [0.25, 0.3) is 0 Å². The highest BCUT2D eigenvalue weighted by Crippen LogP contribution is 2.23. The van der Waals surface area contributed by atoms with Crippen LogP contribution < -0.4 is 0 Å². The van der Waals surface area contributed by atoms with Crippen LogP contribution in [0.15, 0.2) is 24.3 Å². The van der Waals surface area contributed by atoms with Crippen molar-refractivity contribution in [2.45, 2.75) is 32.7 Å². The van der Waals surface area contributed by atoms with Crippen molar-refractivity contribution in [1.29, 1.82) is 0 Å². The van der Waals surface area contributed by atoms with E-state index < -0.39 is 0 Å². The van der Waals surface area contributed by atoms with E-state index in [9.17, 15) is 14.0 Å². The number of hydrogen-bond donors (Lipinski definition) is 0. The van der Waals surface area contributed by atoms with Gasteiger partial charge < -0.3 is 4.90 Å². The summed E-state index contributed by atoms with van der Waals surface area (Å²) in [5, 5.41) is 0. The number of Topliss-reactive ketones (excluding diaryl/α,β-unsaturated/α-hetero) is 1. The second-order valence-corrected chi connectivity index (χ2v) is 5.22. The van der Waals surface area contributed by atoms with Gasteiger partial charge >= 0.3 is 0 Å². The first-order valence-electron chi connectivity index (χ1n) is 6.61. The highest BCUT2D eigenvalue weighted by atomic mass is 19.1. The summed E-state index contributed by atoms with van der Waals surface area (Å²) in [4.78, 5) is 26.1. The van der Waals surface area contributed by atoms with Crippen molar-refractivity contribution >= 4 is 11.7 Å². The smallest absolute Gasteiger partial charge is 0.225 e. The van der Waals surface area contributed by atoms with E-state index in [1.165, 1.54) is 24.3 Å². The summed E-state index contributed by atoms with van der Waals surface area (Å²) in [5.41, 5.74) is 0.467. The van der Waals surface area contributed by atoms with Gasteiger partial charge in [-0.15, -0.1) is 0 Å². The summed E-state index contributed by atoms with van der Waals surface area (Å²) in [5.74, 6) is -0.552. The standard InChI is InChI=1S/C15H18FNO2/c1-10(2)15(19)17-9-3-4-13(17)14(18)11-5-7-12(16)8-6-11/h5-8,10,13H,3-4,9H2,1-2H3. The molecule has 0 N–H and O–H groups in total. The summed E-state index contributed by atoms with van der Waals surface area (Å²) in [7, 11) is 0. The summed E-state index contributed by atoms with van der Waals surface area (Å²) in [6, 6.07) is 5.12. The van der Waals surface area contributed by atoms with Gasteiger partial charge in [-0.2, -0.15) is 0 Å². The van der Waals surface area contributed by atoms with Crippen molar-refractivity contribution in [2.75, 3.05) is 6.54 Å². The molecular weight excluding hydrogens is 245 g/mol. The largest absolute Gasteiger partial charge is 0.332 e. The Balaban J connectivity index is 2.18. The lowest BCUT2D eigenvalue weighted by Gasteiger charge is -2.25. The molecule has 0 saturated carbocycles. The zero-order valence-corrected chi connectivity index (χ0v) is 11.2. The van der Waals surface area contributed by atoms with Crippen LogP contribution >= 0.6 is 0 Å². The fourth-order valence-electron chi connectivity index (χ4n) is 2.44. The Hall–Kier alpha value is -1.71. The molecule has 1 atom stereocenters. The Morgan fingerprint density at radius 2 is 1.89 bits per heavy atom. The second-order valence-electron chi connectivity index (χ2n) is 5.22. The van der Waals surface area contributed by atoms with Crippen molar-refractivity contribution in [3.8, 4) is 0 Å². The molecule has 0 radical (unpaired) electrons. The van der Waals surface area contributed by atoms with E-state index in [1.807, 2.05) is 13.8 Å². The minimum Gasteiger partial charge on any atom is -0.332 e. The molecule has 1 amide bonds. The second kappa shape index (κ2) is 5.51. The maximum Gasteiger partial charge on any atom is 0.225 e. The number of carbonyl (C=O) groups excluding carboxylic acids is 2. The Bertz CT molecular complexity index is 481. The quantitative estimate of drug-likeness (QED) is 0.786. The van der Waals surface area contributed by atoms with E-state index in [1.54, 1.807) is 4.90 Å². The Morgan fingerprint density at radius 3 is 2.47 bits per heavy atom. The molecule has 1 aromatic carbocycles. The van der Waals surface area contributed by atoms with Gasteiger partial charge in [-0.1, -0.05) is 13.8 Å². The zero-order valence-electron chi connectivity index (χ0n) is 11.2. The molecule has 102 valence electrons. The van der Waals surface area contributed by atoms with Crippen molar-refractivity contribution < 1.29 is 14.0 Å². The lowest BCUT2D eigenvalue weighted by atomic mass is 10.0. The third-order valence-electron chi connectivity index (χ3n) is 3.46. The molecule has 1 aliphatic rings. The van der Waals surface area contributed by atoms with Gasteiger partial charge in [0.25, 0.3) is 0 Å². The molecule has 3 nitrogen and oxygen atoms in total. The minimum atomic E-state index is -0.389. The molecule has 0 spiro atoms. The van der Waals surface area contributed by atoms with Crippen LogP contribution in [0.1, 0.15) is 37.0 Å². The molecule has 0 bridgehead atoms. The van der Waals surface area contributed by atoms with Gasteiger partial charge in [-0.3, -0.25) is 9.59 Å². The predicted octanol–water partition coefficient (Wildman–Crippen LogP) is 2.66. The minimum absolute atomic E-state index is 0.0120. The fourth-order valence-corrected chi connectivity index (χ4v) is 2.44. The van der Waals surface area contributed by atoms with Gasteiger partial charge in [0.1, 0.15) is 5.82 Å². The number of nitrogens with zero attached hydrogens (tertiary/aromatic N) is 1. The highest BCUT2D eigenvalue weighted by molar-refractivity contribution is 6.02. The molecule has 1 unspecified atom stereocenters. The van der Waals surface area contributed by atoms with Crippen molar-refractivity contribution in [2.24, 2.45) is 5.92 Å². The van der Waals surface area contributed by atoms with Crippen LogP contribution in [0.4, 0.5) is 4.39 Å². The van der Waals surface area contributed by atoms with Gasteiger partial charge in [0.2, 0.25) is 5.91 Å². The number of amides is 1. The summed E-state index contributed by atoms with van der Waals surface area (Å²) < 4.78 is 12.9. The van der Waals surface area contributed by atoms with E-state index in [0.717, 1.165) is 6.42 Å². The zero-order chi connectivity index (χ0) is 14.0. The van der Waals surface area contributed by atoms with E-state index in [2.05, 4.69) is 0 Å². The lowest BCUT2D eigenvalue weighted by molar-refractivity contribution is -0.134. The maximum atomic E-state index is 12.9. The molecule has 19 heavy (non-hydrogen) atoms. The van der Waals surface area contributed by atoms with Gasteiger partial charge in [-0.25, -0.2) is 4.39 Å². The van der Waals surface area contributed by atoms with Crippen LogP contribution in [0.5, 0.6) is 0 Å². The normalized spacial score (nSPS) is 18.9. The SMILES string of the molecule is CC(C)C(=O)N1CCCC1C(=O)c1ccc(F)cc1. The maximum absolute atomic E-state index is 12.9. The first-order valence-corrected chi connectivity index (χ1v) is 6.61.